The molecule has 1 aliphatic heterocycles. The maximum Gasteiger partial charge on any atom is 0.263 e. The van der Waals surface area contributed by atoms with E-state index in [4.69, 9.17) is 4.74 Å². The molecular formula is C17H19BrN4O2. The van der Waals surface area contributed by atoms with E-state index in [1.54, 1.807) is 25.4 Å². The Kier molecular flexibility index (Phi) is 5.30. The van der Waals surface area contributed by atoms with Crippen LogP contribution in [0.5, 0.6) is 5.75 Å². The number of benzene rings is 1. The van der Waals surface area contributed by atoms with Gasteiger partial charge in [-0.1, -0.05) is 15.9 Å². The van der Waals surface area contributed by atoms with Crippen LogP contribution in [-0.4, -0.2) is 53.1 Å². The second-order valence-electron chi connectivity index (χ2n) is 5.58. The van der Waals surface area contributed by atoms with Crippen LogP contribution in [0, 0.1) is 0 Å². The van der Waals surface area contributed by atoms with E-state index in [1.807, 2.05) is 29.2 Å². The van der Waals surface area contributed by atoms with Crippen LogP contribution >= 0.6 is 15.9 Å². The van der Waals surface area contributed by atoms with Crippen molar-refractivity contribution >= 4 is 27.8 Å². The molecule has 1 atom stereocenters. The van der Waals surface area contributed by atoms with Crippen molar-refractivity contribution in [3.05, 3.63) is 47.2 Å². The van der Waals surface area contributed by atoms with Crippen molar-refractivity contribution < 1.29 is 9.53 Å². The highest BCUT2D eigenvalue weighted by Crippen LogP contribution is 2.18. The molecule has 0 spiro atoms. The summed E-state index contributed by atoms with van der Waals surface area (Å²) >= 11 is 3.38. The van der Waals surface area contributed by atoms with Gasteiger partial charge < -0.3 is 14.5 Å². The molecule has 1 unspecified atom stereocenters. The number of amides is 1. The van der Waals surface area contributed by atoms with Crippen molar-refractivity contribution in [2.75, 3.05) is 31.1 Å². The zero-order valence-corrected chi connectivity index (χ0v) is 15.0. The Morgan fingerprint density at radius 2 is 1.75 bits per heavy atom. The van der Waals surface area contributed by atoms with Gasteiger partial charge in [-0.15, -0.1) is 0 Å². The largest absolute Gasteiger partial charge is 0.481 e. The van der Waals surface area contributed by atoms with Gasteiger partial charge >= 0.3 is 0 Å². The Labute approximate surface area is 149 Å². The number of nitrogens with zero attached hydrogens (tertiary/aromatic N) is 4. The average molecular weight is 391 g/mol. The molecular weight excluding hydrogens is 372 g/mol. The van der Waals surface area contributed by atoms with Crippen LogP contribution in [0.1, 0.15) is 6.92 Å². The van der Waals surface area contributed by atoms with Crippen LogP contribution in [0.2, 0.25) is 0 Å². The van der Waals surface area contributed by atoms with Crippen molar-refractivity contribution in [2.45, 2.75) is 13.0 Å². The molecule has 0 N–H and O–H groups in total. The molecule has 0 radical (unpaired) electrons. The quantitative estimate of drug-likeness (QED) is 0.801. The zero-order valence-electron chi connectivity index (χ0n) is 13.4. The minimum Gasteiger partial charge on any atom is -0.481 e. The number of hydrogen-bond donors (Lipinski definition) is 0. The summed E-state index contributed by atoms with van der Waals surface area (Å²) in [6.07, 6.45) is 2.95. The third-order valence-corrected chi connectivity index (χ3v) is 4.43. The number of anilines is 1. The third kappa shape index (κ3) is 4.03. The molecule has 0 saturated carbocycles. The Bertz CT molecular complexity index is 673. The van der Waals surface area contributed by atoms with E-state index in [0.717, 1.165) is 17.6 Å². The first kappa shape index (κ1) is 16.7. The average Bonchev–Trinajstić information content (AvgIpc) is 2.64. The van der Waals surface area contributed by atoms with Gasteiger partial charge in [0.05, 0.1) is 0 Å². The second-order valence-corrected chi connectivity index (χ2v) is 6.49. The molecule has 1 fully saturated rings. The molecule has 6 nitrogen and oxygen atoms in total. The lowest BCUT2D eigenvalue weighted by atomic mass is 10.2. The molecule has 1 amide bonds. The normalized spacial score (nSPS) is 15.9. The fraction of sp³-hybridized carbons (Fsp3) is 0.353. The molecule has 1 aromatic carbocycles. The van der Waals surface area contributed by atoms with Crippen molar-refractivity contribution in [3.63, 3.8) is 0 Å². The fourth-order valence-corrected chi connectivity index (χ4v) is 2.87. The van der Waals surface area contributed by atoms with Gasteiger partial charge in [-0.3, -0.25) is 4.79 Å². The maximum absolute atomic E-state index is 12.6. The molecule has 2 aromatic rings. The first-order valence-corrected chi connectivity index (χ1v) is 8.66. The Morgan fingerprint density at radius 1 is 1.12 bits per heavy atom. The second kappa shape index (κ2) is 7.61. The highest BCUT2D eigenvalue weighted by atomic mass is 79.9. The van der Waals surface area contributed by atoms with Gasteiger partial charge in [0.15, 0.2) is 6.10 Å². The summed E-state index contributed by atoms with van der Waals surface area (Å²) in [4.78, 5) is 25.0. The van der Waals surface area contributed by atoms with Gasteiger partial charge in [0.25, 0.3) is 5.91 Å². The topological polar surface area (TPSA) is 58.6 Å². The van der Waals surface area contributed by atoms with Crippen LogP contribution in [0.15, 0.2) is 47.2 Å². The highest BCUT2D eigenvalue weighted by molar-refractivity contribution is 9.10. The predicted octanol–water partition coefficient (Wildman–Crippen LogP) is 2.36. The first-order valence-electron chi connectivity index (χ1n) is 7.86. The number of ether oxygens (including phenoxy) is 1. The molecule has 1 aromatic heterocycles. The number of aromatic nitrogens is 2. The van der Waals surface area contributed by atoms with Crippen LogP contribution in [0.3, 0.4) is 0 Å². The summed E-state index contributed by atoms with van der Waals surface area (Å²) in [6.45, 7) is 4.52. The molecule has 0 bridgehead atoms. The van der Waals surface area contributed by atoms with Crippen molar-refractivity contribution in [3.8, 4) is 5.75 Å². The van der Waals surface area contributed by atoms with E-state index in [-0.39, 0.29) is 5.91 Å². The smallest absolute Gasteiger partial charge is 0.263 e. The first-order chi connectivity index (χ1) is 11.6. The lowest BCUT2D eigenvalue weighted by molar-refractivity contribution is -0.138. The maximum atomic E-state index is 12.6. The molecule has 24 heavy (non-hydrogen) atoms. The molecule has 3 rings (SSSR count). The number of carbonyl (C=O) groups excluding carboxylic acids is 1. The van der Waals surface area contributed by atoms with E-state index >= 15 is 0 Å². The Balaban J connectivity index is 1.53. The van der Waals surface area contributed by atoms with Crippen molar-refractivity contribution in [2.24, 2.45) is 0 Å². The summed E-state index contributed by atoms with van der Waals surface area (Å²) in [5, 5.41) is 0. The number of rotatable bonds is 4. The fourth-order valence-electron chi connectivity index (χ4n) is 2.61. The van der Waals surface area contributed by atoms with E-state index in [9.17, 15) is 4.79 Å². The van der Waals surface area contributed by atoms with E-state index in [0.29, 0.717) is 24.8 Å². The number of hydrogen-bond acceptors (Lipinski definition) is 5. The lowest BCUT2D eigenvalue weighted by Crippen LogP contribution is -2.52. The van der Waals surface area contributed by atoms with Crippen molar-refractivity contribution in [1.82, 2.24) is 14.9 Å². The van der Waals surface area contributed by atoms with E-state index < -0.39 is 6.10 Å². The number of carbonyl (C=O) groups is 1. The van der Waals surface area contributed by atoms with Crippen LogP contribution in [-0.2, 0) is 4.79 Å². The highest BCUT2D eigenvalue weighted by Gasteiger charge is 2.26. The van der Waals surface area contributed by atoms with E-state index in [2.05, 4.69) is 30.8 Å². The van der Waals surface area contributed by atoms with Crippen LogP contribution < -0.4 is 9.64 Å². The van der Waals surface area contributed by atoms with Gasteiger partial charge in [-0.2, -0.15) is 0 Å². The molecule has 1 aliphatic rings. The number of halogens is 1. The molecule has 1 saturated heterocycles. The zero-order chi connectivity index (χ0) is 16.9. The Morgan fingerprint density at radius 3 is 2.38 bits per heavy atom. The molecule has 2 heterocycles. The SMILES string of the molecule is CC(Oc1ccc(Br)cc1)C(=O)N1CCN(c2ncccn2)CC1. The van der Waals surface area contributed by atoms with Gasteiger partial charge in [-0.05, 0) is 37.3 Å². The summed E-state index contributed by atoms with van der Waals surface area (Å²) in [7, 11) is 0. The van der Waals surface area contributed by atoms with E-state index in [1.165, 1.54) is 0 Å². The summed E-state index contributed by atoms with van der Waals surface area (Å²) in [5.74, 6) is 1.41. The Hall–Kier alpha value is -2.15. The van der Waals surface area contributed by atoms with Gasteiger partial charge in [-0.25, -0.2) is 9.97 Å². The molecule has 126 valence electrons. The predicted molar refractivity (Wildman–Crippen MR) is 95.1 cm³/mol. The van der Waals surface area contributed by atoms with Gasteiger partial charge in [0, 0.05) is 43.0 Å². The third-order valence-electron chi connectivity index (χ3n) is 3.90. The molecule has 0 aliphatic carbocycles. The monoisotopic (exact) mass is 390 g/mol. The minimum absolute atomic E-state index is 0.00606. The standard InChI is InChI=1S/C17H19BrN4O2/c1-13(24-15-5-3-14(18)4-6-15)16(23)21-9-11-22(12-10-21)17-19-7-2-8-20-17/h2-8,13H,9-12H2,1H3. The summed E-state index contributed by atoms with van der Waals surface area (Å²) in [6, 6.07) is 9.28. The van der Waals surface area contributed by atoms with Crippen LogP contribution in [0.25, 0.3) is 0 Å². The summed E-state index contributed by atoms with van der Waals surface area (Å²) < 4.78 is 6.73. The van der Waals surface area contributed by atoms with Gasteiger partial charge in [0.1, 0.15) is 5.75 Å². The van der Waals surface area contributed by atoms with Gasteiger partial charge in [0.2, 0.25) is 5.95 Å². The van der Waals surface area contributed by atoms with Crippen molar-refractivity contribution in [1.29, 1.82) is 0 Å². The number of piperazine rings is 1. The molecule has 7 heteroatoms. The summed E-state index contributed by atoms with van der Waals surface area (Å²) in [5.41, 5.74) is 0. The lowest BCUT2D eigenvalue weighted by Gasteiger charge is -2.35. The minimum atomic E-state index is -0.509. The van der Waals surface area contributed by atoms with Crippen LogP contribution in [0.4, 0.5) is 5.95 Å².